The van der Waals surface area contributed by atoms with Crippen molar-refractivity contribution in [1.82, 2.24) is 0 Å². The number of hydrogen-bond acceptors (Lipinski definition) is 6. The van der Waals surface area contributed by atoms with Gasteiger partial charge in [0.15, 0.2) is 0 Å². The molecule has 86 valence electrons. The van der Waals surface area contributed by atoms with Crippen LogP contribution in [0, 0.1) is 34.0 Å². The molecule has 0 aliphatic heterocycles. The minimum Gasteiger partial charge on any atom is -0.478 e. The summed E-state index contributed by atoms with van der Waals surface area (Å²) in [6, 6.07) is 8.70. The van der Waals surface area contributed by atoms with Crippen LogP contribution >= 0.6 is 0 Å². The van der Waals surface area contributed by atoms with Crippen LogP contribution in [0.15, 0.2) is 23.3 Å². The van der Waals surface area contributed by atoms with E-state index in [1.165, 1.54) is 30.3 Å². The van der Waals surface area contributed by atoms with Gasteiger partial charge in [-0.25, -0.2) is 4.79 Å². The zero-order valence-corrected chi connectivity index (χ0v) is 8.88. The lowest BCUT2D eigenvalue weighted by Gasteiger charge is -2.04. The van der Waals surface area contributed by atoms with Gasteiger partial charge in [-0.15, -0.1) is 0 Å². The van der Waals surface area contributed by atoms with E-state index in [4.69, 9.17) is 20.9 Å². The van der Waals surface area contributed by atoms with Crippen molar-refractivity contribution < 1.29 is 9.90 Å². The van der Waals surface area contributed by atoms with Crippen LogP contribution in [0.1, 0.15) is 15.9 Å². The van der Waals surface area contributed by atoms with Crippen LogP contribution in [0.25, 0.3) is 0 Å². The van der Waals surface area contributed by atoms with Crippen LogP contribution < -0.4 is 5.43 Å². The molecule has 0 unspecified atom stereocenters. The van der Waals surface area contributed by atoms with Gasteiger partial charge in [-0.05, 0) is 18.2 Å². The summed E-state index contributed by atoms with van der Waals surface area (Å²) < 4.78 is 0. The fourth-order valence-electron chi connectivity index (χ4n) is 1.08. The predicted octanol–water partition coefficient (Wildman–Crippen LogP) is 1.07. The summed E-state index contributed by atoms with van der Waals surface area (Å²) in [7, 11) is 0. The number of carboxylic acids is 1. The molecular formula is C11H5N5O2. The standard InChI is InChI=1S/C11H5N5O2/c12-4-7-1-2-9(11(17)18)10(3-7)16-15-8(5-13)6-14/h1-3,16H,(H,17,18). The van der Waals surface area contributed by atoms with Gasteiger partial charge in [-0.3, -0.25) is 5.43 Å². The molecule has 0 atom stereocenters. The molecule has 0 radical (unpaired) electrons. The molecular weight excluding hydrogens is 234 g/mol. The average Bonchev–Trinajstić information content (AvgIpc) is 2.39. The monoisotopic (exact) mass is 239 g/mol. The van der Waals surface area contributed by atoms with Gasteiger partial charge in [0.25, 0.3) is 0 Å². The Labute approximate surface area is 102 Å². The number of rotatable bonds is 3. The lowest BCUT2D eigenvalue weighted by Crippen LogP contribution is -2.04. The van der Waals surface area contributed by atoms with Crippen LogP contribution in [0.5, 0.6) is 0 Å². The van der Waals surface area contributed by atoms with E-state index in [9.17, 15) is 4.79 Å². The Balaban J connectivity index is 3.19. The third kappa shape index (κ3) is 2.82. The normalized spacial score (nSPS) is 8.28. The Hall–Kier alpha value is -3.37. The molecule has 7 nitrogen and oxygen atoms in total. The van der Waals surface area contributed by atoms with Crippen molar-refractivity contribution in [3.05, 3.63) is 29.3 Å². The Morgan fingerprint density at radius 1 is 1.28 bits per heavy atom. The maximum atomic E-state index is 10.9. The first-order valence-electron chi connectivity index (χ1n) is 4.53. The quantitative estimate of drug-likeness (QED) is 0.598. The molecule has 2 N–H and O–H groups in total. The topological polar surface area (TPSA) is 133 Å². The summed E-state index contributed by atoms with van der Waals surface area (Å²) in [5, 5.41) is 38.0. The minimum absolute atomic E-state index is 0.0320. The van der Waals surface area contributed by atoms with Crippen LogP contribution in [-0.4, -0.2) is 16.8 Å². The maximum absolute atomic E-state index is 10.9. The first-order valence-corrected chi connectivity index (χ1v) is 4.53. The van der Waals surface area contributed by atoms with Crippen LogP contribution in [0.2, 0.25) is 0 Å². The van der Waals surface area contributed by atoms with Gasteiger partial charge < -0.3 is 5.11 Å². The molecule has 0 aliphatic rings. The molecule has 7 heteroatoms. The van der Waals surface area contributed by atoms with Crippen molar-refractivity contribution in [2.24, 2.45) is 5.10 Å². The van der Waals surface area contributed by atoms with Crippen LogP contribution in [0.3, 0.4) is 0 Å². The number of anilines is 1. The average molecular weight is 239 g/mol. The van der Waals surface area contributed by atoms with Crippen molar-refractivity contribution >= 4 is 17.4 Å². The minimum atomic E-state index is -1.22. The van der Waals surface area contributed by atoms with Gasteiger partial charge in [0.2, 0.25) is 5.71 Å². The summed E-state index contributed by atoms with van der Waals surface area (Å²) in [6.07, 6.45) is 0. The lowest BCUT2D eigenvalue weighted by atomic mass is 10.1. The van der Waals surface area contributed by atoms with E-state index in [2.05, 4.69) is 10.5 Å². The molecule has 0 saturated carbocycles. The number of hydrazone groups is 1. The molecule has 1 aromatic rings. The number of nitrogens with zero attached hydrogens (tertiary/aromatic N) is 4. The van der Waals surface area contributed by atoms with Gasteiger partial charge in [0.05, 0.1) is 22.9 Å². The molecule has 0 fully saturated rings. The Morgan fingerprint density at radius 3 is 2.44 bits per heavy atom. The van der Waals surface area contributed by atoms with Gasteiger partial charge in [0, 0.05) is 0 Å². The second-order valence-corrected chi connectivity index (χ2v) is 2.97. The first-order chi connectivity index (χ1) is 8.62. The zero-order chi connectivity index (χ0) is 13.5. The van der Waals surface area contributed by atoms with E-state index in [0.717, 1.165) is 0 Å². The molecule has 0 amide bonds. The molecule has 1 rings (SSSR count). The highest BCUT2D eigenvalue weighted by atomic mass is 16.4. The number of nitriles is 3. The second-order valence-electron chi connectivity index (χ2n) is 2.97. The molecule has 0 heterocycles. The van der Waals surface area contributed by atoms with Gasteiger partial charge >= 0.3 is 5.97 Å². The van der Waals surface area contributed by atoms with E-state index < -0.39 is 11.7 Å². The number of nitrogens with one attached hydrogen (secondary N) is 1. The molecule has 0 aromatic heterocycles. The molecule has 1 aromatic carbocycles. The fourth-order valence-corrected chi connectivity index (χ4v) is 1.08. The number of aromatic carboxylic acids is 1. The third-order valence-electron chi connectivity index (χ3n) is 1.88. The largest absolute Gasteiger partial charge is 0.478 e. The van der Waals surface area contributed by atoms with E-state index >= 15 is 0 Å². The van der Waals surface area contributed by atoms with Crippen molar-refractivity contribution in [3.8, 4) is 18.2 Å². The van der Waals surface area contributed by atoms with Crippen LogP contribution in [-0.2, 0) is 0 Å². The summed E-state index contributed by atoms with van der Waals surface area (Å²) in [4.78, 5) is 10.9. The number of benzene rings is 1. The molecule has 18 heavy (non-hydrogen) atoms. The molecule has 0 bridgehead atoms. The Kier molecular flexibility index (Phi) is 3.98. The fraction of sp³-hybridized carbons (Fsp3) is 0. The van der Waals surface area contributed by atoms with Crippen LogP contribution in [0.4, 0.5) is 5.69 Å². The van der Waals surface area contributed by atoms with E-state index in [0.29, 0.717) is 0 Å². The van der Waals surface area contributed by atoms with Gasteiger partial charge in [-0.1, -0.05) is 0 Å². The molecule has 0 spiro atoms. The second kappa shape index (κ2) is 5.64. The van der Waals surface area contributed by atoms with Crippen molar-refractivity contribution in [2.45, 2.75) is 0 Å². The summed E-state index contributed by atoms with van der Waals surface area (Å²) in [5.41, 5.74) is 1.98. The highest BCUT2D eigenvalue weighted by Gasteiger charge is 2.10. The van der Waals surface area contributed by atoms with Gasteiger partial charge in [0.1, 0.15) is 12.1 Å². The number of hydrogen-bond donors (Lipinski definition) is 2. The Bertz CT molecular complexity index is 627. The van der Waals surface area contributed by atoms with Crippen molar-refractivity contribution in [1.29, 1.82) is 15.8 Å². The molecule has 0 aliphatic carbocycles. The summed E-state index contributed by atoms with van der Waals surface area (Å²) >= 11 is 0. The Morgan fingerprint density at radius 2 is 1.94 bits per heavy atom. The zero-order valence-electron chi connectivity index (χ0n) is 8.88. The third-order valence-corrected chi connectivity index (χ3v) is 1.88. The van der Waals surface area contributed by atoms with Crippen molar-refractivity contribution in [3.63, 3.8) is 0 Å². The maximum Gasteiger partial charge on any atom is 0.337 e. The lowest BCUT2D eigenvalue weighted by molar-refractivity contribution is 0.0698. The predicted molar refractivity (Wildman–Crippen MR) is 60.4 cm³/mol. The van der Waals surface area contributed by atoms with Crippen molar-refractivity contribution in [2.75, 3.05) is 5.43 Å². The highest BCUT2D eigenvalue weighted by Crippen LogP contribution is 2.17. The van der Waals surface area contributed by atoms with E-state index in [1.807, 2.05) is 6.07 Å². The van der Waals surface area contributed by atoms with Gasteiger partial charge in [-0.2, -0.15) is 20.9 Å². The first kappa shape index (κ1) is 12.7. The summed E-state index contributed by atoms with van der Waals surface area (Å²) in [6.45, 7) is 0. The number of carbonyl (C=O) groups is 1. The molecule has 0 saturated heterocycles. The number of carboxylic acid groups (broad SMARTS) is 1. The van der Waals surface area contributed by atoms with E-state index in [-0.39, 0.29) is 16.8 Å². The SMILES string of the molecule is N#CC(C#N)=NNc1cc(C#N)ccc1C(=O)O. The van der Waals surface area contributed by atoms with E-state index in [1.54, 1.807) is 0 Å². The smallest absolute Gasteiger partial charge is 0.337 e. The highest BCUT2D eigenvalue weighted by molar-refractivity contribution is 6.10. The summed E-state index contributed by atoms with van der Waals surface area (Å²) in [5.74, 6) is -1.22.